The van der Waals surface area contributed by atoms with Gasteiger partial charge in [0.25, 0.3) is 0 Å². The zero-order valence-corrected chi connectivity index (χ0v) is 56.7. The molecule has 494 valence electrons. The predicted octanol–water partition coefficient (Wildman–Crippen LogP) is 25.1. The number of rotatable bonds is 73. The van der Waals surface area contributed by atoms with Crippen LogP contribution < -0.4 is 5.32 Å². The van der Waals surface area contributed by atoms with Crippen LogP contribution in [0.5, 0.6) is 0 Å². The maximum absolute atomic E-state index is 12.6. The van der Waals surface area contributed by atoms with Gasteiger partial charge in [-0.15, -0.1) is 0 Å². The fourth-order valence-corrected chi connectivity index (χ4v) is 12.5. The summed E-state index contributed by atoms with van der Waals surface area (Å²) in [6.07, 6.45) is 91.5. The highest BCUT2D eigenvalue weighted by atomic mass is 16.5. The Morgan fingerprint density at radius 1 is 0.325 bits per heavy atom. The molecule has 0 aromatic rings. The van der Waals surface area contributed by atoms with Crippen LogP contribution in [0.2, 0.25) is 0 Å². The summed E-state index contributed by atoms with van der Waals surface area (Å²) >= 11 is 0. The van der Waals surface area contributed by atoms with E-state index in [0.29, 0.717) is 25.9 Å². The maximum Gasteiger partial charge on any atom is 0.305 e. The number of hydrogen-bond acceptors (Lipinski definition) is 5. The highest BCUT2D eigenvalue weighted by molar-refractivity contribution is 5.76. The molecule has 83 heavy (non-hydrogen) atoms. The third-order valence-corrected chi connectivity index (χ3v) is 18.3. The molecule has 0 saturated heterocycles. The van der Waals surface area contributed by atoms with Gasteiger partial charge in [-0.25, -0.2) is 0 Å². The Bertz CT molecular complexity index is 1260. The summed E-state index contributed by atoms with van der Waals surface area (Å²) in [5.41, 5.74) is 0. The lowest BCUT2D eigenvalue weighted by Crippen LogP contribution is -2.45. The van der Waals surface area contributed by atoms with Gasteiger partial charge < -0.3 is 20.3 Å². The molecule has 2 atom stereocenters. The summed E-state index contributed by atoms with van der Waals surface area (Å²) < 4.78 is 5.48. The van der Waals surface area contributed by atoms with E-state index < -0.39 is 12.1 Å². The van der Waals surface area contributed by atoms with Crippen LogP contribution in [-0.4, -0.2) is 47.4 Å². The Labute approximate surface area is 520 Å². The minimum absolute atomic E-state index is 0.0194. The van der Waals surface area contributed by atoms with Gasteiger partial charge in [0.1, 0.15) is 0 Å². The van der Waals surface area contributed by atoms with Crippen molar-refractivity contribution in [3.05, 3.63) is 12.2 Å². The number of aliphatic hydroxyl groups excluding tert-OH is 2. The van der Waals surface area contributed by atoms with Gasteiger partial charge in [0.05, 0.1) is 25.4 Å². The molecule has 0 radical (unpaired) electrons. The molecule has 6 heteroatoms. The number of amides is 1. The van der Waals surface area contributed by atoms with Gasteiger partial charge in [-0.1, -0.05) is 392 Å². The molecule has 6 nitrogen and oxygen atoms in total. The van der Waals surface area contributed by atoms with Crippen LogP contribution in [0.25, 0.3) is 0 Å². The van der Waals surface area contributed by atoms with Crippen molar-refractivity contribution in [2.75, 3.05) is 13.2 Å². The van der Waals surface area contributed by atoms with Crippen LogP contribution in [0.1, 0.15) is 444 Å². The van der Waals surface area contributed by atoms with Crippen LogP contribution in [0.3, 0.4) is 0 Å². The molecule has 0 aliphatic rings. The van der Waals surface area contributed by atoms with Gasteiger partial charge in [-0.3, -0.25) is 9.59 Å². The van der Waals surface area contributed by atoms with Crippen molar-refractivity contribution in [3.8, 4) is 0 Å². The number of carbonyl (C=O) groups is 2. The van der Waals surface area contributed by atoms with E-state index in [0.717, 1.165) is 38.5 Å². The van der Waals surface area contributed by atoms with Crippen molar-refractivity contribution in [1.82, 2.24) is 5.32 Å². The number of nitrogens with one attached hydrogen (secondary N) is 1. The summed E-state index contributed by atoms with van der Waals surface area (Å²) in [6, 6.07) is -0.539. The van der Waals surface area contributed by atoms with Crippen LogP contribution in [0, 0.1) is 0 Å². The van der Waals surface area contributed by atoms with Crippen molar-refractivity contribution in [2.24, 2.45) is 0 Å². The van der Waals surface area contributed by atoms with Gasteiger partial charge >= 0.3 is 5.97 Å². The van der Waals surface area contributed by atoms with Gasteiger partial charge in [0.15, 0.2) is 0 Å². The fraction of sp³-hybridized carbons (Fsp3) is 0.948. The largest absolute Gasteiger partial charge is 0.466 e. The van der Waals surface area contributed by atoms with Crippen molar-refractivity contribution in [1.29, 1.82) is 0 Å². The Morgan fingerprint density at radius 3 is 0.855 bits per heavy atom. The summed E-state index contributed by atoms with van der Waals surface area (Å²) in [5, 5.41) is 23.5. The molecule has 0 bridgehead atoms. The van der Waals surface area contributed by atoms with Crippen molar-refractivity contribution in [2.45, 2.75) is 456 Å². The van der Waals surface area contributed by atoms with Gasteiger partial charge in [-0.2, -0.15) is 0 Å². The van der Waals surface area contributed by atoms with E-state index in [4.69, 9.17) is 4.74 Å². The molecular formula is C77H151NO5. The zero-order valence-electron chi connectivity index (χ0n) is 56.7. The highest BCUT2D eigenvalue weighted by Gasteiger charge is 2.20. The summed E-state index contributed by atoms with van der Waals surface area (Å²) in [6.45, 7) is 5.00. The minimum atomic E-state index is -0.663. The Hall–Kier alpha value is -1.40. The Morgan fingerprint density at radius 2 is 0.566 bits per heavy atom. The van der Waals surface area contributed by atoms with Crippen molar-refractivity contribution < 1.29 is 24.5 Å². The van der Waals surface area contributed by atoms with Crippen LogP contribution in [-0.2, 0) is 14.3 Å². The molecule has 0 aliphatic heterocycles. The number of aliphatic hydroxyl groups is 2. The molecule has 3 N–H and O–H groups in total. The SMILES string of the molecule is CCCCCCCCCCCCCCCCCCCCCCCCC(O)C(CO)NC(=O)CCCCCCCCCCCCCCCCCCC/C=C\CCCCCCCCCCCCCCOC(=O)CCCCCCCCCCCCC. The maximum atomic E-state index is 12.6. The standard InChI is InChI=1S/C77H151NO5/c1-3-5-7-9-11-13-15-16-17-18-19-20-34-37-40-43-46-50-53-57-61-65-69-75(80)74(73-79)78-76(81)70-66-62-58-54-51-47-44-41-38-35-32-30-28-26-24-22-21-23-25-27-29-31-33-36-39-42-45-48-52-56-60-64-68-72-83-77(82)71-67-63-59-55-49-14-12-10-8-6-4-2/h25,27,74-75,79-80H,3-24,26,28-73H2,1-2H3,(H,78,81)/b27-25-. The second-order valence-electron chi connectivity index (χ2n) is 26.7. The van der Waals surface area contributed by atoms with Crippen molar-refractivity contribution >= 4 is 11.9 Å². The lowest BCUT2D eigenvalue weighted by molar-refractivity contribution is -0.143. The zero-order chi connectivity index (χ0) is 59.9. The molecule has 0 saturated carbocycles. The lowest BCUT2D eigenvalue weighted by Gasteiger charge is -2.22. The smallest absolute Gasteiger partial charge is 0.305 e. The number of esters is 1. The summed E-state index contributed by atoms with van der Waals surface area (Å²) in [7, 11) is 0. The molecular weight excluding hydrogens is 1020 g/mol. The average Bonchev–Trinajstić information content (AvgIpc) is 3.50. The first kappa shape index (κ1) is 81.6. The monoisotopic (exact) mass is 1170 g/mol. The molecule has 0 heterocycles. The van der Waals surface area contributed by atoms with Gasteiger partial charge in [0, 0.05) is 12.8 Å². The van der Waals surface area contributed by atoms with Crippen LogP contribution in [0.15, 0.2) is 12.2 Å². The van der Waals surface area contributed by atoms with Gasteiger partial charge in [0.2, 0.25) is 5.91 Å². The quantitative estimate of drug-likeness (QED) is 0.0320. The van der Waals surface area contributed by atoms with E-state index in [1.807, 2.05) is 0 Å². The number of allylic oxidation sites excluding steroid dienone is 2. The van der Waals surface area contributed by atoms with E-state index in [-0.39, 0.29) is 18.5 Å². The van der Waals surface area contributed by atoms with Crippen molar-refractivity contribution in [3.63, 3.8) is 0 Å². The lowest BCUT2D eigenvalue weighted by atomic mass is 10.0. The number of ether oxygens (including phenoxy) is 1. The third-order valence-electron chi connectivity index (χ3n) is 18.3. The molecule has 0 aromatic carbocycles. The Kier molecular flexibility index (Phi) is 71.8. The summed E-state index contributed by atoms with van der Waals surface area (Å²) in [5.74, 6) is -0.00672. The highest BCUT2D eigenvalue weighted by Crippen LogP contribution is 2.20. The molecule has 2 unspecified atom stereocenters. The normalized spacial score (nSPS) is 12.5. The predicted molar refractivity (Wildman–Crippen MR) is 366 cm³/mol. The number of hydrogen-bond donors (Lipinski definition) is 3. The molecule has 1 amide bonds. The second kappa shape index (κ2) is 73.1. The van der Waals surface area contributed by atoms with Crippen LogP contribution >= 0.6 is 0 Å². The third kappa shape index (κ3) is 69.6. The average molecular weight is 1170 g/mol. The minimum Gasteiger partial charge on any atom is -0.466 e. The summed E-state index contributed by atoms with van der Waals surface area (Å²) in [4.78, 5) is 24.6. The molecule has 0 spiro atoms. The van der Waals surface area contributed by atoms with Crippen LogP contribution in [0.4, 0.5) is 0 Å². The fourth-order valence-electron chi connectivity index (χ4n) is 12.5. The number of unbranched alkanes of at least 4 members (excludes halogenated alkanes) is 60. The molecule has 0 fully saturated rings. The molecule has 0 aliphatic carbocycles. The van der Waals surface area contributed by atoms with E-state index in [2.05, 4.69) is 31.3 Å². The van der Waals surface area contributed by atoms with E-state index in [9.17, 15) is 19.8 Å². The first-order valence-corrected chi connectivity index (χ1v) is 38.4. The second-order valence-corrected chi connectivity index (χ2v) is 26.7. The molecule has 0 aromatic heterocycles. The Balaban J connectivity index is 3.35. The van der Waals surface area contributed by atoms with Gasteiger partial charge in [-0.05, 0) is 51.4 Å². The first-order valence-electron chi connectivity index (χ1n) is 38.4. The first-order chi connectivity index (χ1) is 41.0. The van der Waals surface area contributed by atoms with E-state index >= 15 is 0 Å². The van der Waals surface area contributed by atoms with E-state index in [1.165, 1.54) is 372 Å². The topological polar surface area (TPSA) is 95.9 Å². The molecule has 0 rings (SSSR count). The van der Waals surface area contributed by atoms with E-state index in [1.54, 1.807) is 0 Å². The number of carbonyl (C=O) groups excluding carboxylic acids is 2.